The quantitative estimate of drug-likeness (QED) is 0.855. The average molecular weight is 334 g/mol. The molecule has 0 N–H and O–H groups in total. The second kappa shape index (κ2) is 5.83. The molecule has 4 heteroatoms. The van der Waals surface area contributed by atoms with Crippen LogP contribution in [0.2, 0.25) is 0 Å². The largest absolute Gasteiger partial charge is 0.492 e. The summed E-state index contributed by atoms with van der Waals surface area (Å²) < 4.78 is 6.82. The van der Waals surface area contributed by atoms with E-state index < -0.39 is 0 Å². The van der Waals surface area contributed by atoms with E-state index in [4.69, 9.17) is 4.74 Å². The zero-order valence-corrected chi connectivity index (χ0v) is 12.7. The van der Waals surface area contributed by atoms with Crippen molar-refractivity contribution in [1.82, 2.24) is 4.90 Å². The van der Waals surface area contributed by atoms with Crippen LogP contribution in [0.4, 0.5) is 0 Å². The third-order valence-corrected chi connectivity index (χ3v) is 4.07. The van der Waals surface area contributed by atoms with E-state index in [1.165, 1.54) is 5.39 Å². The van der Waals surface area contributed by atoms with E-state index in [1.54, 1.807) is 0 Å². The van der Waals surface area contributed by atoms with E-state index in [0.29, 0.717) is 19.6 Å². The molecule has 0 aromatic heterocycles. The van der Waals surface area contributed by atoms with E-state index in [9.17, 15) is 4.79 Å². The maximum Gasteiger partial charge on any atom is 0.222 e. The minimum Gasteiger partial charge on any atom is -0.492 e. The van der Waals surface area contributed by atoms with Crippen LogP contribution in [-0.4, -0.2) is 30.5 Å². The number of carbonyl (C=O) groups is 1. The minimum absolute atomic E-state index is 0.247. The number of carbonyl (C=O) groups excluding carboxylic acids is 1. The first-order chi connectivity index (χ1) is 9.72. The molecule has 1 aliphatic heterocycles. The molecule has 0 bridgehead atoms. The van der Waals surface area contributed by atoms with Gasteiger partial charge in [-0.1, -0.05) is 28.1 Å². The Kier molecular flexibility index (Phi) is 3.92. The maximum absolute atomic E-state index is 11.5. The monoisotopic (exact) mass is 333 g/mol. The summed E-state index contributed by atoms with van der Waals surface area (Å²) in [7, 11) is 0. The zero-order valence-electron chi connectivity index (χ0n) is 11.1. The molecule has 1 aliphatic rings. The second-order valence-corrected chi connectivity index (χ2v) is 5.90. The normalized spacial score (nSPS) is 15.1. The van der Waals surface area contributed by atoms with E-state index in [1.807, 2.05) is 23.1 Å². The van der Waals surface area contributed by atoms with Crippen molar-refractivity contribution in [2.75, 3.05) is 19.7 Å². The Morgan fingerprint density at radius 2 is 1.95 bits per heavy atom. The summed E-state index contributed by atoms with van der Waals surface area (Å²) in [6, 6.07) is 12.2. The molecule has 1 amide bonds. The Bertz CT molecular complexity index is 641. The highest BCUT2D eigenvalue weighted by molar-refractivity contribution is 9.10. The molecule has 104 valence electrons. The number of benzene rings is 2. The van der Waals surface area contributed by atoms with Crippen LogP contribution in [-0.2, 0) is 4.79 Å². The number of hydrogen-bond donors (Lipinski definition) is 0. The van der Waals surface area contributed by atoms with Crippen LogP contribution in [0.25, 0.3) is 10.8 Å². The van der Waals surface area contributed by atoms with Gasteiger partial charge < -0.3 is 9.64 Å². The highest BCUT2D eigenvalue weighted by Gasteiger charge is 2.19. The standard InChI is InChI=1S/C16H16BrNO2/c17-14-5-3-13-11-15(6-4-12(13)10-14)20-9-8-18-7-1-2-16(18)19/h3-6,10-11H,1-2,7-9H2. The van der Waals surface area contributed by atoms with Gasteiger partial charge >= 0.3 is 0 Å². The fourth-order valence-corrected chi connectivity index (χ4v) is 2.88. The van der Waals surface area contributed by atoms with E-state index in [2.05, 4.69) is 34.1 Å². The lowest BCUT2D eigenvalue weighted by Crippen LogP contribution is -2.29. The summed E-state index contributed by atoms with van der Waals surface area (Å²) in [5, 5.41) is 2.34. The molecule has 1 heterocycles. The summed E-state index contributed by atoms with van der Waals surface area (Å²) in [5.41, 5.74) is 0. The van der Waals surface area contributed by atoms with Crippen molar-refractivity contribution in [2.45, 2.75) is 12.8 Å². The number of likely N-dealkylation sites (tertiary alicyclic amines) is 1. The van der Waals surface area contributed by atoms with Crippen LogP contribution in [0.15, 0.2) is 40.9 Å². The highest BCUT2D eigenvalue weighted by Crippen LogP contribution is 2.24. The topological polar surface area (TPSA) is 29.5 Å². The van der Waals surface area contributed by atoms with Gasteiger partial charge in [0.2, 0.25) is 5.91 Å². The Hall–Kier alpha value is -1.55. The molecule has 0 aliphatic carbocycles. The molecular formula is C16H16BrNO2. The molecule has 0 saturated carbocycles. The lowest BCUT2D eigenvalue weighted by atomic mass is 10.1. The molecule has 0 unspecified atom stereocenters. The van der Waals surface area contributed by atoms with Crippen LogP contribution in [0.3, 0.4) is 0 Å². The maximum atomic E-state index is 11.5. The van der Waals surface area contributed by atoms with Gasteiger partial charge in [0.15, 0.2) is 0 Å². The van der Waals surface area contributed by atoms with Crippen LogP contribution in [0, 0.1) is 0 Å². The molecule has 2 aromatic rings. The van der Waals surface area contributed by atoms with Crippen molar-refractivity contribution in [3.8, 4) is 5.75 Å². The van der Waals surface area contributed by atoms with Crippen molar-refractivity contribution in [3.63, 3.8) is 0 Å². The Morgan fingerprint density at radius 1 is 1.15 bits per heavy atom. The van der Waals surface area contributed by atoms with Gasteiger partial charge in [-0.3, -0.25) is 4.79 Å². The van der Waals surface area contributed by atoms with Gasteiger partial charge in [-0.05, 0) is 41.5 Å². The van der Waals surface area contributed by atoms with Gasteiger partial charge in [-0.15, -0.1) is 0 Å². The Balaban J connectivity index is 1.63. The molecule has 20 heavy (non-hydrogen) atoms. The van der Waals surface area contributed by atoms with Crippen molar-refractivity contribution in [3.05, 3.63) is 40.9 Å². The number of nitrogens with zero attached hydrogens (tertiary/aromatic N) is 1. The molecule has 0 spiro atoms. The lowest BCUT2D eigenvalue weighted by Gasteiger charge is -2.15. The number of hydrogen-bond acceptors (Lipinski definition) is 2. The summed E-state index contributed by atoms with van der Waals surface area (Å²) in [6.45, 7) is 2.10. The highest BCUT2D eigenvalue weighted by atomic mass is 79.9. The first-order valence-corrected chi connectivity index (χ1v) is 7.61. The fourth-order valence-electron chi connectivity index (χ4n) is 2.50. The molecule has 3 nitrogen and oxygen atoms in total. The summed E-state index contributed by atoms with van der Waals surface area (Å²) in [6.07, 6.45) is 1.66. The molecular weight excluding hydrogens is 318 g/mol. The Labute approximate surface area is 126 Å². The first-order valence-electron chi connectivity index (χ1n) is 6.82. The molecule has 1 saturated heterocycles. The van der Waals surface area contributed by atoms with Crippen LogP contribution in [0.1, 0.15) is 12.8 Å². The summed E-state index contributed by atoms with van der Waals surface area (Å²) in [4.78, 5) is 13.4. The molecule has 2 aromatic carbocycles. The van der Waals surface area contributed by atoms with Crippen LogP contribution >= 0.6 is 15.9 Å². The smallest absolute Gasteiger partial charge is 0.222 e. The van der Waals surface area contributed by atoms with Crippen molar-refractivity contribution in [2.24, 2.45) is 0 Å². The number of rotatable bonds is 4. The third kappa shape index (κ3) is 2.96. The zero-order chi connectivity index (χ0) is 13.9. The fraction of sp³-hybridized carbons (Fsp3) is 0.312. The van der Waals surface area contributed by atoms with Crippen LogP contribution < -0.4 is 4.74 Å². The van der Waals surface area contributed by atoms with E-state index in [-0.39, 0.29) is 5.91 Å². The number of fused-ring (bicyclic) bond motifs is 1. The van der Waals surface area contributed by atoms with Crippen molar-refractivity contribution in [1.29, 1.82) is 0 Å². The van der Waals surface area contributed by atoms with Gasteiger partial charge in [0.1, 0.15) is 12.4 Å². The van der Waals surface area contributed by atoms with Crippen molar-refractivity contribution < 1.29 is 9.53 Å². The van der Waals surface area contributed by atoms with Gasteiger partial charge in [-0.25, -0.2) is 0 Å². The number of ether oxygens (including phenoxy) is 1. The predicted octanol–water partition coefficient (Wildman–Crippen LogP) is 3.60. The molecule has 0 radical (unpaired) electrons. The van der Waals surface area contributed by atoms with Gasteiger partial charge in [0, 0.05) is 17.4 Å². The first kappa shape index (κ1) is 13.4. The molecule has 3 rings (SSSR count). The minimum atomic E-state index is 0.247. The Morgan fingerprint density at radius 3 is 2.75 bits per heavy atom. The molecule has 0 atom stereocenters. The summed E-state index contributed by atoms with van der Waals surface area (Å²) in [5.74, 6) is 1.10. The van der Waals surface area contributed by atoms with Gasteiger partial charge in [-0.2, -0.15) is 0 Å². The third-order valence-electron chi connectivity index (χ3n) is 3.58. The predicted molar refractivity (Wildman–Crippen MR) is 83.0 cm³/mol. The van der Waals surface area contributed by atoms with Gasteiger partial charge in [0.25, 0.3) is 0 Å². The number of halogens is 1. The van der Waals surface area contributed by atoms with Crippen LogP contribution in [0.5, 0.6) is 5.75 Å². The van der Waals surface area contributed by atoms with E-state index in [0.717, 1.165) is 28.6 Å². The number of amides is 1. The lowest BCUT2D eigenvalue weighted by molar-refractivity contribution is -0.128. The summed E-state index contributed by atoms with van der Waals surface area (Å²) >= 11 is 3.47. The molecule has 1 fully saturated rings. The van der Waals surface area contributed by atoms with Crippen molar-refractivity contribution >= 4 is 32.6 Å². The average Bonchev–Trinajstić information content (AvgIpc) is 2.85. The SMILES string of the molecule is O=C1CCCN1CCOc1ccc2cc(Br)ccc2c1. The van der Waals surface area contributed by atoms with E-state index >= 15 is 0 Å². The van der Waals surface area contributed by atoms with Gasteiger partial charge in [0.05, 0.1) is 6.54 Å². The second-order valence-electron chi connectivity index (χ2n) is 4.99.